The summed E-state index contributed by atoms with van der Waals surface area (Å²) in [5, 5.41) is 0. The van der Waals surface area contributed by atoms with Crippen LogP contribution in [0.5, 0.6) is 0 Å². The molecular formula is C14H12F2N2. The molecule has 1 unspecified atom stereocenters. The van der Waals surface area contributed by atoms with E-state index in [1.165, 1.54) is 18.2 Å². The molecule has 1 aromatic carbocycles. The van der Waals surface area contributed by atoms with E-state index >= 15 is 0 Å². The highest BCUT2D eigenvalue weighted by Crippen LogP contribution is 2.39. The Balaban J connectivity index is 2.14. The van der Waals surface area contributed by atoms with Gasteiger partial charge in [0, 0.05) is 6.20 Å². The lowest BCUT2D eigenvalue weighted by molar-refractivity contribution is 0.523. The summed E-state index contributed by atoms with van der Waals surface area (Å²) in [6.45, 7) is 0. The largest absolute Gasteiger partial charge is 0.318 e. The first-order valence-corrected chi connectivity index (χ1v) is 5.78. The van der Waals surface area contributed by atoms with Crippen LogP contribution in [-0.2, 0) is 12.0 Å². The molecule has 2 N–H and O–H groups in total. The molecule has 18 heavy (non-hydrogen) atoms. The van der Waals surface area contributed by atoms with Crippen LogP contribution in [0.4, 0.5) is 8.78 Å². The third-order valence-corrected chi connectivity index (χ3v) is 3.56. The summed E-state index contributed by atoms with van der Waals surface area (Å²) in [5.41, 5.74) is 8.00. The molecule has 0 spiro atoms. The maximum absolute atomic E-state index is 13.3. The number of benzene rings is 1. The van der Waals surface area contributed by atoms with Gasteiger partial charge >= 0.3 is 0 Å². The minimum atomic E-state index is -0.766. The molecule has 1 heterocycles. The highest BCUT2D eigenvalue weighted by molar-refractivity contribution is 5.46. The first-order chi connectivity index (χ1) is 8.59. The second-order valence-electron chi connectivity index (χ2n) is 4.66. The van der Waals surface area contributed by atoms with Gasteiger partial charge in [-0.05, 0) is 47.7 Å². The number of nitrogens with two attached hydrogens (primary N) is 1. The Morgan fingerprint density at radius 3 is 2.72 bits per heavy atom. The van der Waals surface area contributed by atoms with E-state index in [1.54, 1.807) is 12.3 Å². The second kappa shape index (κ2) is 3.85. The zero-order chi connectivity index (χ0) is 12.8. The zero-order valence-electron chi connectivity index (χ0n) is 9.66. The Morgan fingerprint density at radius 2 is 1.94 bits per heavy atom. The molecule has 4 heteroatoms. The van der Waals surface area contributed by atoms with Crippen LogP contribution in [0, 0.1) is 11.6 Å². The van der Waals surface area contributed by atoms with Crippen LogP contribution < -0.4 is 5.73 Å². The van der Waals surface area contributed by atoms with Crippen molar-refractivity contribution in [3.8, 4) is 0 Å². The van der Waals surface area contributed by atoms with Crippen LogP contribution in [-0.4, -0.2) is 4.98 Å². The first-order valence-electron chi connectivity index (χ1n) is 5.78. The van der Waals surface area contributed by atoms with Gasteiger partial charge < -0.3 is 5.73 Å². The van der Waals surface area contributed by atoms with E-state index in [4.69, 9.17) is 5.73 Å². The van der Waals surface area contributed by atoms with Crippen LogP contribution in [0.1, 0.15) is 23.1 Å². The highest BCUT2D eigenvalue weighted by Gasteiger charge is 2.37. The van der Waals surface area contributed by atoms with Gasteiger partial charge in [-0.3, -0.25) is 4.98 Å². The molecule has 0 saturated heterocycles. The van der Waals surface area contributed by atoms with Crippen LogP contribution in [0.3, 0.4) is 0 Å². The summed E-state index contributed by atoms with van der Waals surface area (Å²) < 4.78 is 26.4. The monoisotopic (exact) mass is 246 g/mol. The Labute approximate surface area is 103 Å². The average Bonchev–Trinajstić information content (AvgIpc) is 2.68. The topological polar surface area (TPSA) is 38.9 Å². The molecule has 0 fully saturated rings. The van der Waals surface area contributed by atoms with Crippen molar-refractivity contribution in [3.05, 3.63) is 65.0 Å². The molecule has 0 aliphatic heterocycles. The van der Waals surface area contributed by atoms with Gasteiger partial charge in [-0.15, -0.1) is 0 Å². The summed E-state index contributed by atoms with van der Waals surface area (Å²) in [6.07, 6.45) is 4.05. The summed E-state index contributed by atoms with van der Waals surface area (Å²) in [7, 11) is 0. The molecule has 0 saturated carbocycles. The van der Waals surface area contributed by atoms with Crippen molar-refractivity contribution in [1.82, 2.24) is 4.98 Å². The SMILES string of the molecule is NC1(c2cncc(F)c2)CCc2cc(F)ccc21. The summed E-state index contributed by atoms with van der Waals surface area (Å²) >= 11 is 0. The Bertz CT molecular complexity index is 612. The summed E-state index contributed by atoms with van der Waals surface area (Å²) in [4.78, 5) is 3.84. The van der Waals surface area contributed by atoms with E-state index in [0.717, 1.165) is 17.3 Å². The lowest BCUT2D eigenvalue weighted by Gasteiger charge is -2.25. The molecule has 1 aromatic heterocycles. The summed E-state index contributed by atoms with van der Waals surface area (Å²) in [5.74, 6) is -0.678. The summed E-state index contributed by atoms with van der Waals surface area (Å²) in [6, 6.07) is 5.96. The average molecular weight is 246 g/mol. The second-order valence-corrected chi connectivity index (χ2v) is 4.66. The fourth-order valence-corrected chi connectivity index (χ4v) is 2.63. The van der Waals surface area contributed by atoms with Crippen molar-refractivity contribution in [1.29, 1.82) is 0 Å². The maximum Gasteiger partial charge on any atom is 0.141 e. The van der Waals surface area contributed by atoms with Crippen molar-refractivity contribution in [2.24, 2.45) is 5.73 Å². The van der Waals surface area contributed by atoms with Crippen molar-refractivity contribution in [3.63, 3.8) is 0 Å². The third-order valence-electron chi connectivity index (χ3n) is 3.56. The van der Waals surface area contributed by atoms with Gasteiger partial charge in [-0.2, -0.15) is 0 Å². The van der Waals surface area contributed by atoms with Gasteiger partial charge in [0.2, 0.25) is 0 Å². The Hall–Kier alpha value is -1.81. The maximum atomic E-state index is 13.3. The van der Waals surface area contributed by atoms with Crippen LogP contribution in [0.15, 0.2) is 36.7 Å². The molecule has 2 nitrogen and oxygen atoms in total. The molecular weight excluding hydrogens is 234 g/mol. The van der Waals surface area contributed by atoms with Crippen LogP contribution >= 0.6 is 0 Å². The fourth-order valence-electron chi connectivity index (χ4n) is 2.63. The molecule has 0 radical (unpaired) electrons. The van der Waals surface area contributed by atoms with Crippen molar-refractivity contribution in [2.75, 3.05) is 0 Å². The zero-order valence-corrected chi connectivity index (χ0v) is 9.66. The number of rotatable bonds is 1. The highest BCUT2D eigenvalue weighted by atomic mass is 19.1. The van der Waals surface area contributed by atoms with Gasteiger partial charge in [0.25, 0.3) is 0 Å². The predicted molar refractivity (Wildman–Crippen MR) is 63.9 cm³/mol. The normalized spacial score (nSPS) is 21.9. The van der Waals surface area contributed by atoms with E-state index in [0.29, 0.717) is 18.4 Å². The molecule has 1 atom stereocenters. The minimum Gasteiger partial charge on any atom is -0.318 e. The van der Waals surface area contributed by atoms with E-state index in [-0.39, 0.29) is 5.82 Å². The molecule has 1 aliphatic carbocycles. The lowest BCUT2D eigenvalue weighted by atomic mass is 9.86. The molecule has 0 bridgehead atoms. The number of aromatic nitrogens is 1. The van der Waals surface area contributed by atoms with Gasteiger partial charge in [-0.1, -0.05) is 6.07 Å². The Kier molecular flexibility index (Phi) is 2.41. The number of hydrogen-bond acceptors (Lipinski definition) is 2. The van der Waals surface area contributed by atoms with Crippen molar-refractivity contribution >= 4 is 0 Å². The number of fused-ring (bicyclic) bond motifs is 1. The number of nitrogens with zero attached hydrogens (tertiary/aromatic N) is 1. The number of hydrogen-bond donors (Lipinski definition) is 1. The lowest BCUT2D eigenvalue weighted by Crippen LogP contribution is -2.35. The fraction of sp³-hybridized carbons (Fsp3) is 0.214. The molecule has 92 valence electrons. The van der Waals surface area contributed by atoms with E-state index in [2.05, 4.69) is 4.98 Å². The predicted octanol–water partition coefficient (Wildman–Crippen LogP) is 2.51. The van der Waals surface area contributed by atoms with Crippen molar-refractivity contribution < 1.29 is 8.78 Å². The smallest absolute Gasteiger partial charge is 0.141 e. The van der Waals surface area contributed by atoms with Crippen LogP contribution in [0.2, 0.25) is 0 Å². The number of halogens is 2. The van der Waals surface area contributed by atoms with Crippen molar-refractivity contribution in [2.45, 2.75) is 18.4 Å². The number of aryl methyl sites for hydroxylation is 1. The molecule has 2 aromatic rings. The van der Waals surface area contributed by atoms with Gasteiger partial charge in [-0.25, -0.2) is 8.78 Å². The standard InChI is InChI=1S/C14H12F2N2/c15-11-1-2-13-9(5-11)3-4-14(13,17)10-6-12(16)8-18-7-10/h1-2,5-8H,3-4,17H2. The van der Waals surface area contributed by atoms with E-state index < -0.39 is 11.4 Å². The quantitative estimate of drug-likeness (QED) is 0.839. The minimum absolute atomic E-state index is 0.268. The molecule has 3 rings (SSSR count). The van der Waals surface area contributed by atoms with Crippen LogP contribution in [0.25, 0.3) is 0 Å². The van der Waals surface area contributed by atoms with Gasteiger partial charge in [0.1, 0.15) is 11.6 Å². The number of pyridine rings is 1. The molecule has 1 aliphatic rings. The first kappa shape index (κ1) is 11.3. The molecule has 0 amide bonds. The van der Waals surface area contributed by atoms with E-state index in [9.17, 15) is 8.78 Å². The third kappa shape index (κ3) is 1.61. The Morgan fingerprint density at radius 1 is 1.11 bits per heavy atom. The van der Waals surface area contributed by atoms with E-state index in [1.807, 2.05) is 0 Å². The van der Waals surface area contributed by atoms with Gasteiger partial charge in [0.05, 0.1) is 11.7 Å². The van der Waals surface area contributed by atoms with Gasteiger partial charge in [0.15, 0.2) is 0 Å².